The number of aromatic nitrogens is 3. The number of hydrogen-bond donors (Lipinski definition) is 0. The number of esters is 1. The molecule has 6 nitrogen and oxygen atoms in total. The van der Waals surface area contributed by atoms with E-state index in [2.05, 4.69) is 24.2 Å². The topological polar surface area (TPSA) is 66.2 Å². The van der Waals surface area contributed by atoms with Gasteiger partial charge in [0, 0.05) is 6.61 Å². The Kier molecular flexibility index (Phi) is 6.09. The number of rotatable bonds is 8. The fourth-order valence-electron chi connectivity index (χ4n) is 1.75. The van der Waals surface area contributed by atoms with Crippen LogP contribution in [0.25, 0.3) is 5.69 Å². The molecule has 0 aliphatic rings. The first-order valence-corrected chi connectivity index (χ1v) is 7.39. The van der Waals surface area contributed by atoms with Crippen LogP contribution < -0.4 is 0 Å². The van der Waals surface area contributed by atoms with Crippen LogP contribution in [0, 0.1) is 5.92 Å². The molecule has 118 valence electrons. The van der Waals surface area contributed by atoms with Gasteiger partial charge in [0.1, 0.15) is 6.61 Å². The third-order valence-electron chi connectivity index (χ3n) is 3.02. The van der Waals surface area contributed by atoms with Crippen LogP contribution in [0.1, 0.15) is 30.8 Å². The second kappa shape index (κ2) is 8.29. The maximum atomic E-state index is 11.8. The number of benzene rings is 1. The van der Waals surface area contributed by atoms with E-state index in [9.17, 15) is 4.79 Å². The summed E-state index contributed by atoms with van der Waals surface area (Å²) >= 11 is 0. The predicted octanol–water partition coefficient (Wildman–Crippen LogP) is 2.49. The fraction of sp³-hybridized carbons (Fsp3) is 0.438. The van der Waals surface area contributed by atoms with Gasteiger partial charge in [0.2, 0.25) is 0 Å². The van der Waals surface area contributed by atoms with Crippen LogP contribution in [0.3, 0.4) is 0 Å². The van der Waals surface area contributed by atoms with Crippen molar-refractivity contribution in [2.24, 2.45) is 5.92 Å². The highest BCUT2D eigenvalue weighted by molar-refractivity contribution is 5.86. The molecule has 1 heterocycles. The maximum Gasteiger partial charge on any atom is 0.360 e. The Morgan fingerprint density at radius 2 is 1.95 bits per heavy atom. The van der Waals surface area contributed by atoms with Crippen LogP contribution in [0.5, 0.6) is 0 Å². The summed E-state index contributed by atoms with van der Waals surface area (Å²) in [5, 5.41) is 7.75. The summed E-state index contributed by atoms with van der Waals surface area (Å²) in [6.07, 6.45) is 2.55. The quantitative estimate of drug-likeness (QED) is 0.553. The molecule has 0 atom stereocenters. The minimum absolute atomic E-state index is 0.186. The van der Waals surface area contributed by atoms with Crippen LogP contribution in [0.4, 0.5) is 0 Å². The van der Waals surface area contributed by atoms with E-state index in [1.807, 2.05) is 30.3 Å². The van der Waals surface area contributed by atoms with Crippen molar-refractivity contribution < 1.29 is 14.3 Å². The Hall–Kier alpha value is -2.21. The lowest BCUT2D eigenvalue weighted by atomic mass is 10.1. The molecular weight excluding hydrogens is 282 g/mol. The number of nitrogens with zero attached hydrogens (tertiary/aromatic N) is 3. The van der Waals surface area contributed by atoms with E-state index < -0.39 is 5.97 Å². The predicted molar refractivity (Wildman–Crippen MR) is 81.9 cm³/mol. The molecule has 0 aliphatic carbocycles. The molecule has 22 heavy (non-hydrogen) atoms. The number of carbonyl (C=O) groups excluding carboxylic acids is 1. The van der Waals surface area contributed by atoms with E-state index in [0.29, 0.717) is 19.1 Å². The smallest absolute Gasteiger partial charge is 0.360 e. The maximum absolute atomic E-state index is 11.8. The average Bonchev–Trinajstić information content (AvgIpc) is 3.01. The van der Waals surface area contributed by atoms with Crippen LogP contribution in [0.15, 0.2) is 36.5 Å². The van der Waals surface area contributed by atoms with E-state index >= 15 is 0 Å². The largest absolute Gasteiger partial charge is 0.458 e. The standard InChI is InChI=1S/C16H21N3O3/c1-13(2)8-9-21-10-11-22-16(20)15-12-19(18-17-15)14-6-4-3-5-7-14/h3-7,12-13H,8-11H2,1-2H3. The summed E-state index contributed by atoms with van der Waals surface area (Å²) in [6.45, 7) is 5.57. The molecule has 0 amide bonds. The minimum Gasteiger partial charge on any atom is -0.458 e. The third kappa shape index (κ3) is 4.96. The van der Waals surface area contributed by atoms with Gasteiger partial charge in [-0.1, -0.05) is 37.3 Å². The van der Waals surface area contributed by atoms with Crippen molar-refractivity contribution in [1.29, 1.82) is 0 Å². The highest BCUT2D eigenvalue weighted by Gasteiger charge is 2.12. The molecule has 0 unspecified atom stereocenters. The highest BCUT2D eigenvalue weighted by Crippen LogP contribution is 2.06. The number of ether oxygens (including phenoxy) is 2. The van der Waals surface area contributed by atoms with Gasteiger partial charge in [0.25, 0.3) is 0 Å². The first-order valence-electron chi connectivity index (χ1n) is 7.39. The number of hydrogen-bond acceptors (Lipinski definition) is 5. The summed E-state index contributed by atoms with van der Waals surface area (Å²) in [5.41, 5.74) is 1.03. The molecule has 1 aromatic carbocycles. The molecule has 0 spiro atoms. The lowest BCUT2D eigenvalue weighted by Gasteiger charge is -2.06. The van der Waals surface area contributed by atoms with Gasteiger partial charge in [-0.3, -0.25) is 0 Å². The summed E-state index contributed by atoms with van der Waals surface area (Å²) < 4.78 is 12.0. The monoisotopic (exact) mass is 303 g/mol. The van der Waals surface area contributed by atoms with Gasteiger partial charge in [-0.25, -0.2) is 9.48 Å². The molecule has 2 aromatic rings. The van der Waals surface area contributed by atoms with Crippen LogP contribution in [-0.2, 0) is 9.47 Å². The zero-order valence-electron chi connectivity index (χ0n) is 12.9. The first kappa shape index (κ1) is 16.2. The summed E-state index contributed by atoms with van der Waals surface area (Å²) in [4.78, 5) is 11.8. The van der Waals surface area contributed by atoms with Gasteiger partial charge in [-0.05, 0) is 24.5 Å². The van der Waals surface area contributed by atoms with Gasteiger partial charge < -0.3 is 9.47 Å². The fourth-order valence-corrected chi connectivity index (χ4v) is 1.75. The van der Waals surface area contributed by atoms with Gasteiger partial charge in [0.05, 0.1) is 18.5 Å². The second-order valence-corrected chi connectivity index (χ2v) is 5.31. The van der Waals surface area contributed by atoms with Crippen LogP contribution in [0.2, 0.25) is 0 Å². The zero-order chi connectivity index (χ0) is 15.8. The van der Waals surface area contributed by atoms with Crippen molar-refractivity contribution >= 4 is 5.97 Å². The Bertz CT molecular complexity index is 581. The molecule has 0 N–H and O–H groups in total. The van der Waals surface area contributed by atoms with Crippen molar-refractivity contribution in [2.45, 2.75) is 20.3 Å². The lowest BCUT2D eigenvalue weighted by molar-refractivity contribution is 0.0297. The summed E-state index contributed by atoms with van der Waals surface area (Å²) in [5.74, 6) is 0.116. The lowest BCUT2D eigenvalue weighted by Crippen LogP contribution is -2.12. The molecule has 0 radical (unpaired) electrons. The highest BCUT2D eigenvalue weighted by atomic mass is 16.6. The first-order chi connectivity index (χ1) is 10.7. The van der Waals surface area contributed by atoms with E-state index in [1.54, 1.807) is 6.20 Å². The molecule has 1 aromatic heterocycles. The molecule has 0 saturated heterocycles. The van der Waals surface area contributed by atoms with Gasteiger partial charge in [-0.15, -0.1) is 5.10 Å². The van der Waals surface area contributed by atoms with Crippen LogP contribution >= 0.6 is 0 Å². The Balaban J connectivity index is 1.75. The van der Waals surface area contributed by atoms with E-state index in [-0.39, 0.29) is 12.3 Å². The van der Waals surface area contributed by atoms with E-state index in [0.717, 1.165) is 12.1 Å². The Morgan fingerprint density at radius 3 is 2.68 bits per heavy atom. The zero-order valence-corrected chi connectivity index (χ0v) is 12.9. The molecular formula is C16H21N3O3. The molecule has 0 aliphatic heterocycles. The van der Waals surface area contributed by atoms with Gasteiger partial charge in [0.15, 0.2) is 5.69 Å². The van der Waals surface area contributed by atoms with Crippen molar-refractivity contribution in [2.75, 3.05) is 19.8 Å². The molecule has 0 saturated carbocycles. The minimum atomic E-state index is -0.491. The van der Waals surface area contributed by atoms with Crippen molar-refractivity contribution in [3.63, 3.8) is 0 Å². The van der Waals surface area contributed by atoms with Crippen molar-refractivity contribution in [1.82, 2.24) is 15.0 Å². The SMILES string of the molecule is CC(C)CCOCCOC(=O)c1cn(-c2ccccc2)nn1. The number of para-hydroxylation sites is 1. The van der Waals surface area contributed by atoms with Crippen molar-refractivity contribution in [3.8, 4) is 5.69 Å². The molecule has 2 rings (SSSR count). The molecule has 0 bridgehead atoms. The Labute approximate surface area is 130 Å². The Morgan fingerprint density at radius 1 is 1.18 bits per heavy atom. The summed E-state index contributed by atoms with van der Waals surface area (Å²) in [7, 11) is 0. The number of carbonyl (C=O) groups is 1. The normalized spacial score (nSPS) is 10.9. The van der Waals surface area contributed by atoms with Crippen LogP contribution in [-0.4, -0.2) is 40.8 Å². The summed E-state index contributed by atoms with van der Waals surface area (Å²) in [6, 6.07) is 9.46. The van der Waals surface area contributed by atoms with Gasteiger partial charge >= 0.3 is 5.97 Å². The van der Waals surface area contributed by atoms with Crippen molar-refractivity contribution in [3.05, 3.63) is 42.2 Å². The van der Waals surface area contributed by atoms with E-state index in [1.165, 1.54) is 4.68 Å². The van der Waals surface area contributed by atoms with Gasteiger partial charge in [-0.2, -0.15) is 0 Å². The second-order valence-electron chi connectivity index (χ2n) is 5.31. The molecule has 6 heteroatoms. The average molecular weight is 303 g/mol. The van der Waals surface area contributed by atoms with E-state index in [4.69, 9.17) is 9.47 Å². The molecule has 0 fully saturated rings. The third-order valence-corrected chi connectivity index (χ3v) is 3.02.